The summed E-state index contributed by atoms with van der Waals surface area (Å²) in [5, 5.41) is 20.2. The predicted molar refractivity (Wildman–Crippen MR) is 110 cm³/mol. The molecule has 2 aromatic rings. The number of carboxylic acids is 1. The van der Waals surface area contributed by atoms with Crippen LogP contribution in [0.1, 0.15) is 10.4 Å². The zero-order valence-corrected chi connectivity index (χ0v) is 19.7. The van der Waals surface area contributed by atoms with Crippen molar-refractivity contribution in [2.45, 2.75) is 0 Å². The third kappa shape index (κ3) is 4.15. The predicted octanol–water partition coefficient (Wildman–Crippen LogP) is 3.68. The molecule has 2 radical (unpaired) electrons. The van der Waals surface area contributed by atoms with E-state index in [0.717, 1.165) is 26.1 Å². The Bertz CT molecular complexity index is 1170. The number of fused-ring (bicyclic) bond motifs is 2. The van der Waals surface area contributed by atoms with E-state index in [9.17, 15) is 19.8 Å². The molecule has 27 heavy (non-hydrogen) atoms. The molecule has 4 nitrogen and oxygen atoms in total. The standard InChI is InChI=1S/C20H12O4S.2Na/c21-11-5-7-15-17(9-11)25-18-10-12(22)6-8-16(18)19(15)13-3-1-2-4-14(13)20(23)24;;/h1-10,21H,(H,23,24);;. The summed E-state index contributed by atoms with van der Waals surface area (Å²) in [6, 6.07) is 16.5. The maximum absolute atomic E-state index is 11.8. The molecule has 0 atom stereocenters. The van der Waals surface area contributed by atoms with E-state index in [0.29, 0.717) is 5.56 Å². The van der Waals surface area contributed by atoms with Crippen LogP contribution in [-0.2, 0) is 0 Å². The van der Waals surface area contributed by atoms with Gasteiger partial charge in [0, 0.05) is 85.7 Å². The first-order chi connectivity index (χ1) is 12.0. The van der Waals surface area contributed by atoms with Gasteiger partial charge in [0.25, 0.3) is 0 Å². The Labute approximate surface area is 203 Å². The quantitative estimate of drug-likeness (QED) is 0.402. The Morgan fingerprint density at radius 2 is 1.63 bits per heavy atom. The smallest absolute Gasteiger partial charge is 0.336 e. The zero-order valence-electron chi connectivity index (χ0n) is 14.9. The van der Waals surface area contributed by atoms with Gasteiger partial charge < -0.3 is 10.2 Å². The zero-order chi connectivity index (χ0) is 17.6. The minimum Gasteiger partial charge on any atom is -0.508 e. The first-order valence-electron chi connectivity index (χ1n) is 7.57. The van der Waals surface area contributed by atoms with E-state index >= 15 is 0 Å². The summed E-state index contributed by atoms with van der Waals surface area (Å²) in [5.74, 6) is -0.887. The minimum absolute atomic E-state index is 0. The molecule has 0 saturated heterocycles. The summed E-state index contributed by atoms with van der Waals surface area (Å²) >= 11 is 1.40. The molecular formula is C20H12Na2O4S. The molecule has 124 valence electrons. The first kappa shape index (κ1) is 22.1. The van der Waals surface area contributed by atoms with Crippen LogP contribution in [0.4, 0.5) is 0 Å². The van der Waals surface area contributed by atoms with E-state index in [1.54, 1.807) is 48.5 Å². The van der Waals surface area contributed by atoms with E-state index in [-0.39, 0.29) is 75.9 Å². The van der Waals surface area contributed by atoms with Crippen molar-refractivity contribution in [2.24, 2.45) is 0 Å². The first-order valence-corrected chi connectivity index (χ1v) is 8.38. The Morgan fingerprint density at radius 1 is 0.889 bits per heavy atom. The molecule has 4 rings (SSSR count). The van der Waals surface area contributed by atoms with Crippen molar-refractivity contribution in [3.63, 3.8) is 0 Å². The number of phenolic OH excluding ortho intramolecular Hbond substituents is 1. The second-order valence-electron chi connectivity index (χ2n) is 5.67. The number of hydrogen-bond donors (Lipinski definition) is 2. The average molecular weight is 394 g/mol. The molecule has 7 heteroatoms. The Balaban J connectivity index is 0.00000131. The van der Waals surface area contributed by atoms with Crippen LogP contribution in [0.15, 0.2) is 65.5 Å². The van der Waals surface area contributed by atoms with Gasteiger partial charge >= 0.3 is 5.97 Å². The van der Waals surface area contributed by atoms with Crippen LogP contribution >= 0.6 is 11.3 Å². The third-order valence-electron chi connectivity index (χ3n) is 4.10. The van der Waals surface area contributed by atoms with Crippen molar-refractivity contribution in [2.75, 3.05) is 0 Å². The van der Waals surface area contributed by atoms with E-state index in [4.69, 9.17) is 0 Å². The van der Waals surface area contributed by atoms with Crippen LogP contribution in [0.5, 0.6) is 5.75 Å². The molecule has 0 spiro atoms. The minimum atomic E-state index is -1.01. The summed E-state index contributed by atoms with van der Waals surface area (Å²) in [7, 11) is 0. The number of carbonyl (C=O) groups is 1. The molecule has 0 saturated carbocycles. The SMILES string of the molecule is O=C(O)c1ccccc1-c1c2ccc(=O)cc-2sc2cc(O)ccc12.[Na].[Na]. The second kappa shape index (κ2) is 8.88. The van der Waals surface area contributed by atoms with Crippen LogP contribution in [0.3, 0.4) is 0 Å². The van der Waals surface area contributed by atoms with E-state index in [2.05, 4.69) is 0 Å². The van der Waals surface area contributed by atoms with Gasteiger partial charge in [-0.1, -0.05) is 18.2 Å². The Morgan fingerprint density at radius 3 is 2.37 bits per heavy atom. The van der Waals surface area contributed by atoms with E-state index < -0.39 is 5.97 Å². The van der Waals surface area contributed by atoms with Gasteiger partial charge in [0.15, 0.2) is 5.43 Å². The Hall–Kier alpha value is -1.18. The molecule has 2 aromatic carbocycles. The summed E-state index contributed by atoms with van der Waals surface area (Å²) in [4.78, 5) is 24.2. The molecule has 0 aromatic heterocycles. The molecule has 2 N–H and O–H groups in total. The third-order valence-corrected chi connectivity index (χ3v) is 5.22. The van der Waals surface area contributed by atoms with Gasteiger partial charge in [-0.15, -0.1) is 11.3 Å². The number of aromatic carboxylic acids is 1. The van der Waals surface area contributed by atoms with Gasteiger partial charge in [0.1, 0.15) is 5.75 Å². The number of benzene rings is 3. The van der Waals surface area contributed by atoms with Crippen molar-refractivity contribution >= 4 is 86.5 Å². The largest absolute Gasteiger partial charge is 0.508 e. The van der Waals surface area contributed by atoms with E-state index in [1.807, 2.05) is 0 Å². The summed E-state index contributed by atoms with van der Waals surface area (Å²) in [6.45, 7) is 0. The molecule has 2 aliphatic rings. The van der Waals surface area contributed by atoms with Crippen LogP contribution in [0, 0.1) is 0 Å². The number of phenols is 1. The van der Waals surface area contributed by atoms with Crippen LogP contribution in [-0.4, -0.2) is 75.3 Å². The van der Waals surface area contributed by atoms with Crippen molar-refractivity contribution in [3.05, 3.63) is 76.5 Å². The molecular weight excluding hydrogens is 382 g/mol. The van der Waals surface area contributed by atoms with Crippen molar-refractivity contribution in [3.8, 4) is 27.3 Å². The monoisotopic (exact) mass is 394 g/mol. The van der Waals surface area contributed by atoms with Crippen molar-refractivity contribution < 1.29 is 15.0 Å². The summed E-state index contributed by atoms with van der Waals surface area (Å²) in [6.07, 6.45) is 0. The molecule has 0 bridgehead atoms. The summed E-state index contributed by atoms with van der Waals surface area (Å²) in [5.41, 5.74) is 2.24. The number of aromatic hydroxyl groups is 1. The van der Waals surface area contributed by atoms with Gasteiger partial charge in [0.05, 0.1) is 5.56 Å². The number of hydrogen-bond acceptors (Lipinski definition) is 4. The topological polar surface area (TPSA) is 74.6 Å². The molecule has 1 aliphatic carbocycles. The van der Waals surface area contributed by atoms with Gasteiger partial charge in [-0.3, -0.25) is 4.79 Å². The van der Waals surface area contributed by atoms with Crippen LogP contribution in [0.2, 0.25) is 0 Å². The second-order valence-corrected chi connectivity index (χ2v) is 6.75. The number of rotatable bonds is 2. The average Bonchev–Trinajstić information content (AvgIpc) is 2.59. The maximum atomic E-state index is 11.8. The fourth-order valence-electron chi connectivity index (χ4n) is 3.04. The van der Waals surface area contributed by atoms with Gasteiger partial charge in [-0.25, -0.2) is 4.79 Å². The van der Waals surface area contributed by atoms with Gasteiger partial charge in [-0.05, 0) is 47.5 Å². The van der Waals surface area contributed by atoms with Crippen LogP contribution in [0.25, 0.3) is 31.7 Å². The molecule has 0 amide bonds. The van der Waals surface area contributed by atoms with Crippen molar-refractivity contribution in [1.29, 1.82) is 0 Å². The maximum Gasteiger partial charge on any atom is 0.336 e. The molecule has 1 aliphatic heterocycles. The van der Waals surface area contributed by atoms with Gasteiger partial charge in [-0.2, -0.15) is 0 Å². The summed E-state index contributed by atoms with van der Waals surface area (Å²) < 4.78 is 0.785. The van der Waals surface area contributed by atoms with Crippen LogP contribution < -0.4 is 5.43 Å². The van der Waals surface area contributed by atoms with Gasteiger partial charge in [0.2, 0.25) is 0 Å². The van der Waals surface area contributed by atoms with Crippen molar-refractivity contribution in [1.82, 2.24) is 0 Å². The fourth-order valence-corrected chi connectivity index (χ4v) is 4.19. The number of carboxylic acid groups (broad SMARTS) is 1. The molecule has 1 heterocycles. The fraction of sp³-hybridized carbons (Fsp3) is 0. The van der Waals surface area contributed by atoms with E-state index in [1.165, 1.54) is 23.5 Å². The molecule has 0 fully saturated rings. The Kier molecular flexibility index (Phi) is 7.27. The normalized spacial score (nSPS) is 10.2. The molecule has 0 unspecified atom stereocenters.